The van der Waals surface area contributed by atoms with E-state index >= 15 is 0 Å². The zero-order valence-corrected chi connectivity index (χ0v) is 17.2. The van der Waals surface area contributed by atoms with Crippen LogP contribution in [0.5, 0.6) is 0 Å². The second-order valence-electron chi connectivity index (χ2n) is 6.83. The molecule has 0 heterocycles. The van der Waals surface area contributed by atoms with E-state index in [4.69, 9.17) is 4.74 Å². The van der Waals surface area contributed by atoms with Crippen molar-refractivity contribution in [1.29, 1.82) is 0 Å². The molecule has 0 atom stereocenters. The zero-order chi connectivity index (χ0) is 21.4. The van der Waals surface area contributed by atoms with Crippen LogP contribution < -0.4 is 10.6 Å². The summed E-state index contributed by atoms with van der Waals surface area (Å²) in [5, 5.41) is 5.65. The molecule has 154 valence electrons. The second-order valence-corrected chi connectivity index (χ2v) is 6.83. The molecule has 0 unspecified atom stereocenters. The van der Waals surface area contributed by atoms with Crippen molar-refractivity contribution >= 4 is 29.2 Å². The molecular weight excluding hydrogens is 370 g/mol. The number of likely N-dealkylation sites (N-methyl/N-ethyl adjacent to an activating group) is 1. The first kappa shape index (κ1) is 22.1. The number of carbonyl (C=O) groups is 3. The smallest absolute Gasteiger partial charge is 0.338 e. The molecule has 0 saturated heterocycles. The fourth-order valence-electron chi connectivity index (χ4n) is 2.84. The lowest BCUT2D eigenvalue weighted by Crippen LogP contribution is -2.36. The van der Waals surface area contributed by atoms with Crippen LogP contribution in [0.15, 0.2) is 42.5 Å². The summed E-state index contributed by atoms with van der Waals surface area (Å²) >= 11 is 0. The predicted molar refractivity (Wildman–Crippen MR) is 113 cm³/mol. The minimum atomic E-state index is -0.403. The first-order chi connectivity index (χ1) is 13.8. The van der Waals surface area contributed by atoms with Gasteiger partial charge in [-0.3, -0.25) is 14.5 Å². The lowest BCUT2D eigenvalue weighted by Gasteiger charge is -2.17. The van der Waals surface area contributed by atoms with Crippen molar-refractivity contribution in [3.63, 3.8) is 0 Å². The summed E-state index contributed by atoms with van der Waals surface area (Å²) in [6, 6.07) is 12.3. The van der Waals surface area contributed by atoms with Crippen molar-refractivity contribution in [1.82, 2.24) is 4.90 Å². The van der Waals surface area contributed by atoms with Gasteiger partial charge in [0, 0.05) is 11.4 Å². The van der Waals surface area contributed by atoms with Gasteiger partial charge in [-0.25, -0.2) is 4.79 Å². The third kappa shape index (κ3) is 6.73. The highest BCUT2D eigenvalue weighted by molar-refractivity contribution is 5.96. The molecule has 0 aliphatic carbocycles. The molecule has 2 aromatic rings. The average molecular weight is 397 g/mol. The highest BCUT2D eigenvalue weighted by atomic mass is 16.5. The number of hydrogen-bond donors (Lipinski definition) is 2. The van der Waals surface area contributed by atoms with Gasteiger partial charge < -0.3 is 15.4 Å². The summed E-state index contributed by atoms with van der Waals surface area (Å²) in [6.45, 7) is 6.06. The van der Waals surface area contributed by atoms with Crippen molar-refractivity contribution in [2.75, 3.05) is 37.4 Å². The van der Waals surface area contributed by atoms with Gasteiger partial charge in [0.15, 0.2) is 0 Å². The number of amides is 2. The number of ether oxygens (including phenoxy) is 1. The van der Waals surface area contributed by atoms with Gasteiger partial charge in [-0.05, 0) is 63.2 Å². The van der Waals surface area contributed by atoms with Gasteiger partial charge in [0.05, 0.1) is 25.3 Å². The van der Waals surface area contributed by atoms with E-state index in [1.807, 2.05) is 32.0 Å². The van der Waals surface area contributed by atoms with Crippen molar-refractivity contribution in [3.05, 3.63) is 59.2 Å². The van der Waals surface area contributed by atoms with Crippen LogP contribution in [0.4, 0.5) is 11.4 Å². The third-order valence-corrected chi connectivity index (χ3v) is 4.25. The van der Waals surface area contributed by atoms with E-state index in [1.54, 1.807) is 43.1 Å². The number of esters is 1. The van der Waals surface area contributed by atoms with Crippen LogP contribution in [0, 0.1) is 13.8 Å². The first-order valence-corrected chi connectivity index (χ1v) is 9.41. The molecule has 0 bridgehead atoms. The number of aryl methyl sites for hydroxylation is 2. The van der Waals surface area contributed by atoms with Crippen molar-refractivity contribution in [3.8, 4) is 0 Å². The molecule has 2 aromatic carbocycles. The van der Waals surface area contributed by atoms with Gasteiger partial charge in [0.1, 0.15) is 0 Å². The summed E-state index contributed by atoms with van der Waals surface area (Å²) in [6.07, 6.45) is 0. The quantitative estimate of drug-likeness (QED) is 0.669. The first-order valence-electron chi connectivity index (χ1n) is 9.41. The lowest BCUT2D eigenvalue weighted by atomic mass is 10.1. The van der Waals surface area contributed by atoms with E-state index in [2.05, 4.69) is 10.6 Å². The van der Waals surface area contributed by atoms with Crippen LogP contribution in [0.25, 0.3) is 0 Å². The summed E-state index contributed by atoms with van der Waals surface area (Å²) < 4.78 is 4.92. The summed E-state index contributed by atoms with van der Waals surface area (Å²) in [5.74, 6) is -0.840. The van der Waals surface area contributed by atoms with Gasteiger partial charge in [-0.15, -0.1) is 0 Å². The molecule has 0 aromatic heterocycles. The maximum atomic E-state index is 12.3. The van der Waals surface area contributed by atoms with Crippen molar-refractivity contribution in [2.24, 2.45) is 0 Å². The van der Waals surface area contributed by atoms with Gasteiger partial charge >= 0.3 is 5.97 Å². The minimum absolute atomic E-state index is 0.0554. The molecule has 7 heteroatoms. The standard InChI is InChI=1S/C22H27N3O4/c1-5-29-22(28)17-9-11-18(12-10-17)23-19(26)13-25(4)14-20(27)24-21-15(2)7-6-8-16(21)3/h6-12H,5,13-14H2,1-4H3,(H,23,26)(H,24,27). The number of rotatable bonds is 8. The molecule has 0 fully saturated rings. The number of hydrogen-bond acceptors (Lipinski definition) is 5. The highest BCUT2D eigenvalue weighted by Gasteiger charge is 2.13. The minimum Gasteiger partial charge on any atom is -0.462 e. The Morgan fingerprint density at radius 1 is 0.897 bits per heavy atom. The Balaban J connectivity index is 1.84. The Morgan fingerprint density at radius 2 is 1.45 bits per heavy atom. The van der Waals surface area contributed by atoms with Crippen molar-refractivity contribution in [2.45, 2.75) is 20.8 Å². The van der Waals surface area contributed by atoms with Crippen LogP contribution in [0.3, 0.4) is 0 Å². The summed E-state index contributed by atoms with van der Waals surface area (Å²) in [5.41, 5.74) is 3.77. The molecule has 0 aliphatic heterocycles. The molecule has 2 N–H and O–H groups in total. The maximum Gasteiger partial charge on any atom is 0.338 e. The van der Waals surface area contributed by atoms with E-state index in [9.17, 15) is 14.4 Å². The van der Waals surface area contributed by atoms with Crippen LogP contribution in [-0.2, 0) is 14.3 Å². The number of anilines is 2. The Hall–Kier alpha value is -3.19. The summed E-state index contributed by atoms with van der Waals surface area (Å²) in [7, 11) is 1.70. The maximum absolute atomic E-state index is 12.3. The van der Waals surface area contributed by atoms with E-state index in [0.717, 1.165) is 16.8 Å². The van der Waals surface area contributed by atoms with E-state index in [-0.39, 0.29) is 24.9 Å². The SMILES string of the molecule is CCOC(=O)c1ccc(NC(=O)CN(C)CC(=O)Nc2c(C)cccc2C)cc1. The second kappa shape index (κ2) is 10.4. The number of para-hydroxylation sites is 1. The molecule has 0 saturated carbocycles. The molecule has 0 spiro atoms. The number of nitrogens with zero attached hydrogens (tertiary/aromatic N) is 1. The number of benzene rings is 2. The third-order valence-electron chi connectivity index (χ3n) is 4.25. The molecule has 2 rings (SSSR count). The van der Waals surface area contributed by atoms with Crippen LogP contribution in [0.2, 0.25) is 0 Å². The largest absolute Gasteiger partial charge is 0.462 e. The van der Waals surface area contributed by atoms with Crippen molar-refractivity contribution < 1.29 is 19.1 Å². The lowest BCUT2D eigenvalue weighted by molar-refractivity contribution is -0.119. The van der Waals surface area contributed by atoms with Gasteiger partial charge in [0.25, 0.3) is 0 Å². The Kier molecular flexibility index (Phi) is 7.91. The van der Waals surface area contributed by atoms with Gasteiger partial charge in [-0.1, -0.05) is 18.2 Å². The van der Waals surface area contributed by atoms with E-state index < -0.39 is 5.97 Å². The fourth-order valence-corrected chi connectivity index (χ4v) is 2.84. The molecule has 2 amide bonds. The Morgan fingerprint density at radius 3 is 2.00 bits per heavy atom. The normalized spacial score (nSPS) is 10.5. The average Bonchev–Trinajstić information content (AvgIpc) is 2.65. The number of carbonyl (C=O) groups excluding carboxylic acids is 3. The van der Waals surface area contributed by atoms with E-state index in [0.29, 0.717) is 17.9 Å². The zero-order valence-electron chi connectivity index (χ0n) is 17.2. The molecular formula is C22H27N3O4. The molecule has 29 heavy (non-hydrogen) atoms. The summed E-state index contributed by atoms with van der Waals surface area (Å²) in [4.78, 5) is 37.8. The topological polar surface area (TPSA) is 87.7 Å². The molecule has 7 nitrogen and oxygen atoms in total. The van der Waals surface area contributed by atoms with Gasteiger partial charge in [-0.2, -0.15) is 0 Å². The molecule has 0 radical (unpaired) electrons. The number of nitrogens with one attached hydrogen (secondary N) is 2. The fraction of sp³-hybridized carbons (Fsp3) is 0.318. The van der Waals surface area contributed by atoms with Gasteiger partial charge in [0.2, 0.25) is 11.8 Å². The van der Waals surface area contributed by atoms with E-state index in [1.165, 1.54) is 0 Å². The van der Waals surface area contributed by atoms with Crippen LogP contribution >= 0.6 is 0 Å². The van der Waals surface area contributed by atoms with Crippen LogP contribution in [0.1, 0.15) is 28.4 Å². The highest BCUT2D eigenvalue weighted by Crippen LogP contribution is 2.19. The Bertz CT molecular complexity index is 858. The van der Waals surface area contributed by atoms with Crippen LogP contribution in [-0.4, -0.2) is 49.4 Å². The Labute approximate surface area is 171 Å². The molecule has 0 aliphatic rings. The monoisotopic (exact) mass is 397 g/mol. The predicted octanol–water partition coefficient (Wildman–Crippen LogP) is 2.99.